The topological polar surface area (TPSA) is 65.0 Å². The van der Waals surface area contributed by atoms with E-state index in [0.717, 1.165) is 18.9 Å². The molecule has 0 saturated carbocycles. The Balaban J connectivity index is 4.05. The van der Waals surface area contributed by atoms with Crippen molar-refractivity contribution in [1.29, 1.82) is 0 Å². The minimum Gasteiger partial charge on any atom is -0.462 e. The van der Waals surface area contributed by atoms with Crippen LogP contribution < -0.4 is 0 Å². The minimum absolute atomic E-state index is 0.0513. The van der Waals surface area contributed by atoms with Gasteiger partial charge in [-0.15, -0.1) is 0 Å². The molecule has 124 valence electrons. The van der Waals surface area contributed by atoms with Gasteiger partial charge in [0.2, 0.25) is 0 Å². The summed E-state index contributed by atoms with van der Waals surface area (Å²) in [6.07, 6.45) is 2.30. The van der Waals surface area contributed by atoms with Gasteiger partial charge < -0.3 is 18.7 Å². The Morgan fingerprint density at radius 3 is 2.57 bits per heavy atom. The van der Waals surface area contributed by atoms with E-state index in [9.17, 15) is 4.79 Å². The number of aliphatic hydroxyl groups excluding tert-OH is 1. The van der Waals surface area contributed by atoms with Gasteiger partial charge in [0.05, 0.1) is 6.61 Å². The maximum atomic E-state index is 11.2. The Kier molecular flexibility index (Phi) is 10.6. The molecule has 0 spiro atoms. The molecule has 0 heterocycles. The smallest absolute Gasteiger partial charge is 0.335 e. The molecule has 2 atom stereocenters. The number of rotatable bonds is 12. The molecule has 0 aliphatic carbocycles. The lowest BCUT2D eigenvalue weighted by Crippen LogP contribution is -2.41. The molecule has 0 aromatic heterocycles. The largest absolute Gasteiger partial charge is 0.462 e. The predicted octanol–water partition coefficient (Wildman–Crippen LogP) is 2.78. The monoisotopic (exact) mass is 318 g/mol. The molecule has 0 aromatic rings. The first-order valence-electron chi connectivity index (χ1n) is 7.60. The molecule has 0 amide bonds. The Labute approximate surface area is 129 Å². The Morgan fingerprint density at radius 2 is 2.05 bits per heavy atom. The molecule has 0 aliphatic rings. The molecule has 0 aliphatic heterocycles. The first kappa shape index (κ1) is 20.3. The highest BCUT2D eigenvalue weighted by atomic mass is 28.4. The summed E-state index contributed by atoms with van der Waals surface area (Å²) in [5.41, 5.74) is 0.416. The first-order valence-corrected chi connectivity index (χ1v) is 10.1. The highest BCUT2D eigenvalue weighted by molar-refractivity contribution is 6.66. The van der Waals surface area contributed by atoms with Crippen LogP contribution in [0, 0.1) is 0 Å². The lowest BCUT2D eigenvalue weighted by atomic mass is 10.2. The normalized spacial score (nSPS) is 15.3. The van der Waals surface area contributed by atoms with Gasteiger partial charge in [0.25, 0.3) is 0 Å². The summed E-state index contributed by atoms with van der Waals surface area (Å²) in [6.45, 7) is 12.3. The molecule has 0 fully saturated rings. The highest BCUT2D eigenvalue weighted by Crippen LogP contribution is 2.19. The van der Waals surface area contributed by atoms with Gasteiger partial charge in [0, 0.05) is 24.9 Å². The fourth-order valence-corrected chi connectivity index (χ4v) is 4.72. The average Bonchev–Trinajstić information content (AvgIpc) is 2.41. The molecule has 2 unspecified atom stereocenters. The van der Waals surface area contributed by atoms with E-state index in [-0.39, 0.29) is 18.7 Å². The number of hydrogen-bond donors (Lipinski definition) is 1. The third-order valence-corrected chi connectivity index (χ3v) is 6.09. The Morgan fingerprint density at radius 1 is 1.38 bits per heavy atom. The molecule has 0 radical (unpaired) electrons. The molecule has 0 aromatic carbocycles. The lowest BCUT2D eigenvalue weighted by molar-refractivity contribution is -0.139. The zero-order valence-corrected chi connectivity index (χ0v) is 14.8. The van der Waals surface area contributed by atoms with Crippen molar-refractivity contribution in [2.24, 2.45) is 0 Å². The summed E-state index contributed by atoms with van der Waals surface area (Å²) in [5, 5.41) is 8.96. The zero-order valence-electron chi connectivity index (χ0n) is 13.8. The van der Waals surface area contributed by atoms with Crippen molar-refractivity contribution < 1.29 is 23.5 Å². The van der Waals surface area contributed by atoms with E-state index >= 15 is 0 Å². The van der Waals surface area contributed by atoms with Gasteiger partial charge in [0.1, 0.15) is 0 Å². The van der Waals surface area contributed by atoms with Gasteiger partial charge in [0.15, 0.2) is 0 Å². The maximum Gasteiger partial charge on any atom is 0.335 e. The van der Waals surface area contributed by atoms with Crippen LogP contribution in [0.25, 0.3) is 0 Å². The summed E-state index contributed by atoms with van der Waals surface area (Å²) in [7, 11) is -2.22. The van der Waals surface area contributed by atoms with Crippen molar-refractivity contribution in [1.82, 2.24) is 0 Å². The standard InChI is InChI=1S/C15H30O5Si/c1-6-19-21(5,12-8-10-16)20-14(4)9-7-11-18-15(17)13(2)3/h14,16H,2,6-12H2,1,3-5H3. The quantitative estimate of drug-likeness (QED) is 0.259. The van der Waals surface area contributed by atoms with Crippen LogP contribution in [0.15, 0.2) is 12.2 Å². The number of carbonyl (C=O) groups excluding carboxylic acids is 1. The molecule has 6 heteroatoms. The second-order valence-corrected chi connectivity index (χ2v) is 8.67. The van der Waals surface area contributed by atoms with Crippen molar-refractivity contribution >= 4 is 14.5 Å². The van der Waals surface area contributed by atoms with Crippen LogP contribution in [0.5, 0.6) is 0 Å². The lowest BCUT2D eigenvalue weighted by Gasteiger charge is -2.30. The Hall–Kier alpha value is -0.693. The van der Waals surface area contributed by atoms with Gasteiger partial charge in [-0.05, 0) is 52.6 Å². The Bertz CT molecular complexity index is 321. The van der Waals surface area contributed by atoms with Crippen LogP contribution in [-0.4, -0.2) is 45.6 Å². The van der Waals surface area contributed by atoms with E-state index in [4.69, 9.17) is 18.7 Å². The SMILES string of the molecule is C=C(C)C(=O)OCCCC(C)O[Si](C)(CCCO)OCC. The van der Waals surface area contributed by atoms with Crippen molar-refractivity contribution in [2.45, 2.75) is 58.7 Å². The first-order chi connectivity index (χ1) is 9.84. The fourth-order valence-electron chi connectivity index (χ4n) is 2.01. The molecule has 21 heavy (non-hydrogen) atoms. The molecular formula is C15H30O5Si. The number of hydrogen-bond acceptors (Lipinski definition) is 5. The summed E-state index contributed by atoms with van der Waals surface area (Å²) < 4.78 is 16.9. The number of esters is 1. The number of ether oxygens (including phenoxy) is 1. The summed E-state index contributed by atoms with van der Waals surface area (Å²) >= 11 is 0. The van der Waals surface area contributed by atoms with Crippen LogP contribution in [0.1, 0.15) is 40.0 Å². The second kappa shape index (κ2) is 11.0. The molecular weight excluding hydrogens is 288 g/mol. The zero-order chi connectivity index (χ0) is 16.3. The van der Waals surface area contributed by atoms with Crippen LogP contribution in [0.3, 0.4) is 0 Å². The van der Waals surface area contributed by atoms with E-state index in [2.05, 4.69) is 6.58 Å². The van der Waals surface area contributed by atoms with E-state index < -0.39 is 8.56 Å². The summed E-state index contributed by atoms with van der Waals surface area (Å²) in [4.78, 5) is 11.2. The van der Waals surface area contributed by atoms with Gasteiger partial charge in [-0.1, -0.05) is 6.58 Å². The highest BCUT2D eigenvalue weighted by Gasteiger charge is 2.32. The minimum atomic E-state index is -2.22. The average molecular weight is 318 g/mol. The van der Waals surface area contributed by atoms with Gasteiger partial charge >= 0.3 is 14.5 Å². The molecule has 5 nitrogen and oxygen atoms in total. The van der Waals surface area contributed by atoms with Gasteiger partial charge in [-0.3, -0.25) is 0 Å². The van der Waals surface area contributed by atoms with E-state index in [0.29, 0.717) is 25.2 Å². The third kappa shape index (κ3) is 9.79. The van der Waals surface area contributed by atoms with E-state index in [1.54, 1.807) is 6.92 Å². The van der Waals surface area contributed by atoms with Crippen LogP contribution in [0.4, 0.5) is 0 Å². The van der Waals surface area contributed by atoms with Crippen molar-refractivity contribution in [3.05, 3.63) is 12.2 Å². The van der Waals surface area contributed by atoms with Crippen molar-refractivity contribution in [3.8, 4) is 0 Å². The second-order valence-electron chi connectivity index (χ2n) is 5.38. The van der Waals surface area contributed by atoms with Crippen LogP contribution >= 0.6 is 0 Å². The fraction of sp³-hybridized carbons (Fsp3) is 0.800. The molecule has 0 saturated heterocycles. The van der Waals surface area contributed by atoms with Crippen LogP contribution in [0.2, 0.25) is 12.6 Å². The van der Waals surface area contributed by atoms with E-state index in [1.165, 1.54) is 0 Å². The number of aliphatic hydroxyl groups is 1. The van der Waals surface area contributed by atoms with Crippen molar-refractivity contribution in [2.75, 3.05) is 19.8 Å². The molecule has 1 N–H and O–H groups in total. The molecule has 0 rings (SSSR count). The predicted molar refractivity (Wildman–Crippen MR) is 85.3 cm³/mol. The summed E-state index contributed by atoms with van der Waals surface area (Å²) in [5.74, 6) is -0.347. The van der Waals surface area contributed by atoms with E-state index in [1.807, 2.05) is 20.4 Å². The third-order valence-electron chi connectivity index (χ3n) is 3.03. The maximum absolute atomic E-state index is 11.2. The summed E-state index contributed by atoms with van der Waals surface area (Å²) in [6, 6.07) is 0.784. The van der Waals surface area contributed by atoms with Crippen molar-refractivity contribution in [3.63, 3.8) is 0 Å². The molecule has 0 bridgehead atoms. The van der Waals surface area contributed by atoms with Gasteiger partial charge in [-0.2, -0.15) is 0 Å². The van der Waals surface area contributed by atoms with Gasteiger partial charge in [-0.25, -0.2) is 4.79 Å². The number of carbonyl (C=O) groups is 1. The van der Waals surface area contributed by atoms with Crippen LogP contribution in [-0.2, 0) is 18.4 Å².